The molecule has 0 aromatic heterocycles. The van der Waals surface area contributed by atoms with Crippen LogP contribution in [0.5, 0.6) is 5.75 Å². The number of phenolic OH excluding ortho intramolecular Hbond substituents is 1. The van der Waals surface area contributed by atoms with Gasteiger partial charge in [-0.25, -0.2) is 0 Å². The van der Waals surface area contributed by atoms with E-state index in [2.05, 4.69) is 0 Å². The van der Waals surface area contributed by atoms with E-state index < -0.39 is 0 Å². The van der Waals surface area contributed by atoms with Gasteiger partial charge in [0.15, 0.2) is 0 Å². The molecule has 0 spiro atoms. The molecule has 0 fully saturated rings. The predicted molar refractivity (Wildman–Crippen MR) is 64.3 cm³/mol. The number of phenols is 1. The summed E-state index contributed by atoms with van der Waals surface area (Å²) in [6.07, 6.45) is 0. The van der Waals surface area contributed by atoms with Gasteiger partial charge in [0.25, 0.3) is 0 Å². The van der Waals surface area contributed by atoms with Crippen LogP contribution in [-0.2, 0) is 11.3 Å². The summed E-state index contributed by atoms with van der Waals surface area (Å²) in [6, 6.07) is 15.3. The van der Waals surface area contributed by atoms with Crippen molar-refractivity contribution in [3.8, 4) is 16.9 Å². The van der Waals surface area contributed by atoms with Crippen LogP contribution in [0.4, 0.5) is 0 Å². The maximum Gasteiger partial charge on any atom is 0.123 e. The standard InChI is InChI=1S/C14H14O2/c1-16-10-11-6-2-3-7-12(11)13-8-4-5-9-14(13)15/h2-9,15H,10H2,1H3. The molecule has 0 atom stereocenters. The fourth-order valence-electron chi connectivity index (χ4n) is 1.77. The third-order valence-corrected chi connectivity index (χ3v) is 2.51. The minimum absolute atomic E-state index is 0.297. The van der Waals surface area contributed by atoms with Crippen LogP contribution in [0.2, 0.25) is 0 Å². The lowest BCUT2D eigenvalue weighted by Crippen LogP contribution is -1.91. The Kier molecular flexibility index (Phi) is 3.22. The van der Waals surface area contributed by atoms with Gasteiger partial charge in [-0.3, -0.25) is 0 Å². The van der Waals surface area contributed by atoms with Gasteiger partial charge in [0, 0.05) is 12.7 Å². The third kappa shape index (κ3) is 2.07. The van der Waals surface area contributed by atoms with Crippen molar-refractivity contribution in [1.82, 2.24) is 0 Å². The monoisotopic (exact) mass is 214 g/mol. The van der Waals surface area contributed by atoms with Gasteiger partial charge in [-0.1, -0.05) is 42.5 Å². The molecule has 0 aliphatic rings. The van der Waals surface area contributed by atoms with Gasteiger partial charge >= 0.3 is 0 Å². The summed E-state index contributed by atoms with van der Waals surface area (Å²) in [4.78, 5) is 0. The molecule has 1 N–H and O–H groups in total. The molecule has 0 heterocycles. The van der Waals surface area contributed by atoms with Crippen LogP contribution in [0.25, 0.3) is 11.1 Å². The van der Waals surface area contributed by atoms with Gasteiger partial charge in [0.05, 0.1) is 6.61 Å². The first-order valence-corrected chi connectivity index (χ1v) is 5.18. The average molecular weight is 214 g/mol. The maximum absolute atomic E-state index is 9.82. The second-order valence-electron chi connectivity index (χ2n) is 3.61. The van der Waals surface area contributed by atoms with E-state index in [9.17, 15) is 5.11 Å². The van der Waals surface area contributed by atoms with E-state index in [-0.39, 0.29) is 0 Å². The van der Waals surface area contributed by atoms with Crippen molar-refractivity contribution < 1.29 is 9.84 Å². The van der Waals surface area contributed by atoms with Crippen molar-refractivity contribution in [3.63, 3.8) is 0 Å². The van der Waals surface area contributed by atoms with Crippen molar-refractivity contribution in [3.05, 3.63) is 54.1 Å². The molecule has 82 valence electrons. The SMILES string of the molecule is COCc1ccccc1-c1ccccc1O. The Morgan fingerprint density at radius 3 is 2.25 bits per heavy atom. The van der Waals surface area contributed by atoms with Gasteiger partial charge in [0.1, 0.15) is 5.75 Å². The Morgan fingerprint density at radius 1 is 0.938 bits per heavy atom. The molecular weight excluding hydrogens is 200 g/mol. The number of methoxy groups -OCH3 is 1. The van der Waals surface area contributed by atoms with Crippen LogP contribution in [0.1, 0.15) is 5.56 Å². The van der Waals surface area contributed by atoms with Gasteiger partial charge in [-0.05, 0) is 17.2 Å². The zero-order valence-corrected chi connectivity index (χ0v) is 9.18. The first kappa shape index (κ1) is 10.7. The summed E-state index contributed by atoms with van der Waals surface area (Å²) in [5.74, 6) is 0.297. The number of aromatic hydroxyl groups is 1. The zero-order valence-electron chi connectivity index (χ0n) is 9.18. The van der Waals surface area contributed by atoms with E-state index >= 15 is 0 Å². The van der Waals surface area contributed by atoms with Crippen LogP contribution in [0.15, 0.2) is 48.5 Å². The quantitative estimate of drug-likeness (QED) is 0.850. The molecule has 0 unspecified atom stereocenters. The highest BCUT2D eigenvalue weighted by molar-refractivity contribution is 5.72. The van der Waals surface area contributed by atoms with E-state index in [0.717, 1.165) is 16.7 Å². The molecule has 0 amide bonds. The van der Waals surface area contributed by atoms with Crippen molar-refractivity contribution in [2.75, 3.05) is 7.11 Å². The summed E-state index contributed by atoms with van der Waals surface area (Å²) in [5.41, 5.74) is 2.93. The summed E-state index contributed by atoms with van der Waals surface area (Å²) >= 11 is 0. The number of hydrogen-bond donors (Lipinski definition) is 1. The average Bonchev–Trinajstić information content (AvgIpc) is 2.31. The van der Waals surface area contributed by atoms with Gasteiger partial charge in [-0.15, -0.1) is 0 Å². The molecule has 0 aliphatic heterocycles. The van der Waals surface area contributed by atoms with E-state index in [0.29, 0.717) is 12.4 Å². The summed E-state index contributed by atoms with van der Waals surface area (Å²) < 4.78 is 5.15. The lowest BCUT2D eigenvalue weighted by Gasteiger charge is -2.10. The Hall–Kier alpha value is -1.80. The first-order chi connectivity index (χ1) is 7.83. The molecule has 2 heteroatoms. The van der Waals surface area contributed by atoms with E-state index in [1.165, 1.54) is 0 Å². The van der Waals surface area contributed by atoms with Crippen molar-refractivity contribution in [2.24, 2.45) is 0 Å². The number of hydrogen-bond acceptors (Lipinski definition) is 2. The van der Waals surface area contributed by atoms with Crippen LogP contribution < -0.4 is 0 Å². The molecule has 0 saturated carbocycles. The van der Waals surface area contributed by atoms with E-state index in [1.807, 2.05) is 42.5 Å². The number of rotatable bonds is 3. The van der Waals surface area contributed by atoms with Crippen molar-refractivity contribution >= 4 is 0 Å². The van der Waals surface area contributed by atoms with E-state index in [1.54, 1.807) is 13.2 Å². The topological polar surface area (TPSA) is 29.5 Å². The number of benzene rings is 2. The van der Waals surface area contributed by atoms with Gasteiger partial charge in [0.2, 0.25) is 0 Å². The molecule has 16 heavy (non-hydrogen) atoms. The van der Waals surface area contributed by atoms with Crippen molar-refractivity contribution in [1.29, 1.82) is 0 Å². The van der Waals surface area contributed by atoms with Gasteiger partial charge < -0.3 is 9.84 Å². The Morgan fingerprint density at radius 2 is 1.56 bits per heavy atom. The summed E-state index contributed by atoms with van der Waals surface area (Å²) in [6.45, 7) is 0.546. The van der Waals surface area contributed by atoms with Crippen LogP contribution in [-0.4, -0.2) is 12.2 Å². The largest absolute Gasteiger partial charge is 0.507 e. The fourth-order valence-corrected chi connectivity index (χ4v) is 1.77. The molecule has 0 bridgehead atoms. The Bertz CT molecular complexity index is 478. The summed E-state index contributed by atoms with van der Waals surface area (Å²) in [5, 5.41) is 9.82. The highest BCUT2D eigenvalue weighted by Gasteiger charge is 2.07. The molecule has 2 nitrogen and oxygen atoms in total. The maximum atomic E-state index is 9.82. The molecular formula is C14H14O2. The van der Waals surface area contributed by atoms with Gasteiger partial charge in [-0.2, -0.15) is 0 Å². The number of ether oxygens (including phenoxy) is 1. The Balaban J connectivity index is 2.51. The smallest absolute Gasteiger partial charge is 0.123 e. The van der Waals surface area contributed by atoms with Crippen LogP contribution >= 0.6 is 0 Å². The molecule has 2 rings (SSSR count). The minimum Gasteiger partial charge on any atom is -0.507 e. The zero-order chi connectivity index (χ0) is 11.4. The first-order valence-electron chi connectivity index (χ1n) is 5.18. The molecule has 2 aromatic carbocycles. The lowest BCUT2D eigenvalue weighted by molar-refractivity contribution is 0.185. The highest BCUT2D eigenvalue weighted by atomic mass is 16.5. The lowest BCUT2D eigenvalue weighted by atomic mass is 9.99. The molecule has 2 aromatic rings. The summed E-state index contributed by atoms with van der Waals surface area (Å²) in [7, 11) is 1.67. The van der Waals surface area contributed by atoms with E-state index in [4.69, 9.17) is 4.74 Å². The van der Waals surface area contributed by atoms with Crippen LogP contribution in [0.3, 0.4) is 0 Å². The molecule has 0 radical (unpaired) electrons. The fraction of sp³-hybridized carbons (Fsp3) is 0.143. The van der Waals surface area contributed by atoms with Crippen molar-refractivity contribution in [2.45, 2.75) is 6.61 Å². The molecule has 0 aliphatic carbocycles. The van der Waals surface area contributed by atoms with Crippen LogP contribution in [0, 0.1) is 0 Å². The highest BCUT2D eigenvalue weighted by Crippen LogP contribution is 2.31. The predicted octanol–water partition coefficient (Wildman–Crippen LogP) is 3.21. The molecule has 0 saturated heterocycles. The minimum atomic E-state index is 0.297. The third-order valence-electron chi connectivity index (χ3n) is 2.51. The number of para-hydroxylation sites is 1. The second kappa shape index (κ2) is 4.81. The normalized spacial score (nSPS) is 10.3. The Labute approximate surface area is 95.1 Å². The second-order valence-corrected chi connectivity index (χ2v) is 3.61.